The fourth-order valence-electron chi connectivity index (χ4n) is 2.69. The molecule has 0 saturated heterocycles. The molecule has 3 rings (SSSR count). The maximum Gasteiger partial charge on any atom is 0.260 e. The minimum absolute atomic E-state index is 0.159. The van der Waals surface area contributed by atoms with E-state index < -0.39 is 0 Å². The van der Waals surface area contributed by atoms with E-state index in [2.05, 4.69) is 4.98 Å². The minimum Gasteiger partial charge on any atom is -0.497 e. The summed E-state index contributed by atoms with van der Waals surface area (Å²) in [5.74, 6) is 1.13. The first-order valence-corrected chi connectivity index (χ1v) is 7.83. The lowest BCUT2D eigenvalue weighted by Crippen LogP contribution is -2.36. The molecule has 0 bridgehead atoms. The topological polar surface area (TPSA) is 71.6 Å². The molecule has 1 N–H and O–H groups in total. The molecule has 1 aromatic carbocycles. The molecule has 1 fully saturated rings. The molecule has 126 valence electrons. The Morgan fingerprint density at radius 3 is 2.67 bits per heavy atom. The van der Waals surface area contributed by atoms with Crippen molar-refractivity contribution in [3.63, 3.8) is 0 Å². The number of nitrogens with zero attached hydrogens (tertiary/aromatic N) is 1. The number of H-pyrrole nitrogens is 1. The molecule has 0 unspecified atom stereocenters. The van der Waals surface area contributed by atoms with E-state index in [0.717, 1.165) is 18.4 Å². The van der Waals surface area contributed by atoms with Crippen LogP contribution in [0.2, 0.25) is 0 Å². The van der Waals surface area contributed by atoms with Crippen molar-refractivity contribution in [3.05, 3.63) is 58.0 Å². The highest BCUT2D eigenvalue weighted by atomic mass is 16.5. The van der Waals surface area contributed by atoms with Crippen molar-refractivity contribution in [2.75, 3.05) is 14.2 Å². The number of aromatic amines is 1. The number of ether oxygens (including phenoxy) is 2. The third-order valence-electron chi connectivity index (χ3n) is 4.13. The van der Waals surface area contributed by atoms with E-state index in [1.54, 1.807) is 31.3 Å². The molecule has 1 aliphatic carbocycles. The smallest absolute Gasteiger partial charge is 0.260 e. The first-order valence-electron chi connectivity index (χ1n) is 7.83. The van der Waals surface area contributed by atoms with Gasteiger partial charge in [0.1, 0.15) is 17.1 Å². The normalized spacial score (nSPS) is 13.4. The predicted molar refractivity (Wildman–Crippen MR) is 89.5 cm³/mol. The van der Waals surface area contributed by atoms with Gasteiger partial charge in [0.15, 0.2) is 0 Å². The fourth-order valence-corrected chi connectivity index (χ4v) is 2.69. The van der Waals surface area contributed by atoms with Crippen molar-refractivity contribution in [2.45, 2.75) is 25.4 Å². The largest absolute Gasteiger partial charge is 0.497 e. The Morgan fingerprint density at radius 1 is 1.25 bits per heavy atom. The van der Waals surface area contributed by atoms with Gasteiger partial charge in [-0.3, -0.25) is 9.59 Å². The number of hydrogen-bond acceptors (Lipinski definition) is 4. The van der Waals surface area contributed by atoms with E-state index in [9.17, 15) is 9.59 Å². The van der Waals surface area contributed by atoms with Crippen LogP contribution in [0.15, 0.2) is 41.3 Å². The highest BCUT2D eigenvalue weighted by Gasteiger charge is 2.34. The van der Waals surface area contributed by atoms with Crippen LogP contribution in [0.5, 0.6) is 11.5 Å². The Morgan fingerprint density at radius 2 is 2.04 bits per heavy atom. The summed E-state index contributed by atoms with van der Waals surface area (Å²) in [5, 5.41) is 0. The Kier molecular flexibility index (Phi) is 4.55. The Balaban J connectivity index is 1.92. The maximum absolute atomic E-state index is 12.8. The van der Waals surface area contributed by atoms with Crippen molar-refractivity contribution in [1.29, 1.82) is 0 Å². The summed E-state index contributed by atoms with van der Waals surface area (Å²) in [6, 6.07) is 8.86. The van der Waals surface area contributed by atoms with Crippen LogP contribution in [0.25, 0.3) is 0 Å². The van der Waals surface area contributed by atoms with Crippen LogP contribution in [0.4, 0.5) is 0 Å². The molecule has 1 amide bonds. The Bertz CT molecular complexity index is 796. The number of carbonyl (C=O) groups excluding carboxylic acids is 1. The average molecular weight is 328 g/mol. The molecule has 1 saturated carbocycles. The number of rotatable bonds is 6. The molecule has 0 radical (unpaired) electrons. The summed E-state index contributed by atoms with van der Waals surface area (Å²) in [6.07, 6.45) is 3.41. The standard InChI is InChI=1S/C18H20N2O4/c1-23-14-7-8-16(24-2)12(10-14)11-20(13-5-6-13)18(22)15-4-3-9-19-17(15)21/h3-4,7-10,13H,5-6,11H2,1-2H3,(H,19,21). The van der Waals surface area contributed by atoms with Crippen LogP contribution in [0.1, 0.15) is 28.8 Å². The average Bonchev–Trinajstić information content (AvgIpc) is 3.44. The van der Waals surface area contributed by atoms with Gasteiger partial charge in [-0.15, -0.1) is 0 Å². The number of methoxy groups -OCH3 is 2. The second kappa shape index (κ2) is 6.78. The van der Waals surface area contributed by atoms with Gasteiger partial charge in [0.2, 0.25) is 0 Å². The van der Waals surface area contributed by atoms with Crippen LogP contribution >= 0.6 is 0 Å². The molecule has 6 heteroatoms. The zero-order valence-electron chi connectivity index (χ0n) is 13.7. The summed E-state index contributed by atoms with van der Waals surface area (Å²) in [7, 11) is 3.19. The molecule has 0 spiro atoms. The lowest BCUT2D eigenvalue weighted by molar-refractivity contribution is 0.0726. The highest BCUT2D eigenvalue weighted by molar-refractivity contribution is 5.94. The van der Waals surface area contributed by atoms with Gasteiger partial charge in [-0.05, 0) is 43.2 Å². The van der Waals surface area contributed by atoms with Crippen LogP contribution in [0.3, 0.4) is 0 Å². The van der Waals surface area contributed by atoms with E-state index >= 15 is 0 Å². The number of pyridine rings is 1. The third-order valence-corrected chi connectivity index (χ3v) is 4.13. The van der Waals surface area contributed by atoms with Gasteiger partial charge in [-0.2, -0.15) is 0 Å². The Hall–Kier alpha value is -2.76. The van der Waals surface area contributed by atoms with E-state index in [0.29, 0.717) is 18.0 Å². The molecule has 0 atom stereocenters. The quantitative estimate of drug-likeness (QED) is 0.882. The number of hydrogen-bond donors (Lipinski definition) is 1. The highest BCUT2D eigenvalue weighted by Crippen LogP contribution is 2.32. The number of carbonyl (C=O) groups is 1. The summed E-state index contributed by atoms with van der Waals surface area (Å²) in [5.41, 5.74) is 0.640. The van der Waals surface area contributed by atoms with Gasteiger partial charge in [-0.25, -0.2) is 0 Å². The molecule has 1 aromatic heterocycles. The van der Waals surface area contributed by atoms with E-state index in [1.165, 1.54) is 6.20 Å². The summed E-state index contributed by atoms with van der Waals surface area (Å²) in [6.45, 7) is 0.373. The van der Waals surface area contributed by atoms with Crippen molar-refractivity contribution in [3.8, 4) is 11.5 Å². The van der Waals surface area contributed by atoms with Crippen LogP contribution in [0, 0.1) is 0 Å². The molecule has 2 aromatic rings. The van der Waals surface area contributed by atoms with E-state index in [-0.39, 0.29) is 23.1 Å². The van der Waals surface area contributed by atoms with Crippen molar-refractivity contribution >= 4 is 5.91 Å². The van der Waals surface area contributed by atoms with Crippen LogP contribution in [-0.4, -0.2) is 36.1 Å². The van der Waals surface area contributed by atoms with Gasteiger partial charge >= 0.3 is 0 Å². The van der Waals surface area contributed by atoms with Gasteiger partial charge < -0.3 is 19.4 Å². The number of benzene rings is 1. The number of nitrogens with one attached hydrogen (secondary N) is 1. The van der Waals surface area contributed by atoms with Gasteiger partial charge in [0.05, 0.1) is 20.8 Å². The van der Waals surface area contributed by atoms with Gasteiger partial charge in [0, 0.05) is 17.8 Å². The first-order chi connectivity index (χ1) is 11.6. The summed E-state index contributed by atoms with van der Waals surface area (Å²) in [4.78, 5) is 29.1. The van der Waals surface area contributed by atoms with Gasteiger partial charge in [0.25, 0.3) is 11.5 Å². The lowest BCUT2D eigenvalue weighted by atomic mass is 10.1. The first kappa shape index (κ1) is 16.1. The summed E-state index contributed by atoms with van der Waals surface area (Å²) < 4.78 is 10.7. The molecule has 24 heavy (non-hydrogen) atoms. The SMILES string of the molecule is COc1ccc(OC)c(CN(C(=O)c2ccc[nH]c2=O)C2CC2)c1. The summed E-state index contributed by atoms with van der Waals surface area (Å²) >= 11 is 0. The second-order valence-electron chi connectivity index (χ2n) is 5.75. The number of aromatic nitrogens is 1. The molecular formula is C18H20N2O4. The third kappa shape index (κ3) is 3.27. The zero-order chi connectivity index (χ0) is 17.1. The minimum atomic E-state index is -0.370. The number of amides is 1. The lowest BCUT2D eigenvalue weighted by Gasteiger charge is -2.23. The van der Waals surface area contributed by atoms with Crippen molar-refractivity contribution in [2.24, 2.45) is 0 Å². The van der Waals surface area contributed by atoms with E-state index in [1.807, 2.05) is 18.2 Å². The molecular weight excluding hydrogens is 308 g/mol. The van der Waals surface area contributed by atoms with Crippen molar-refractivity contribution in [1.82, 2.24) is 9.88 Å². The van der Waals surface area contributed by atoms with Crippen LogP contribution in [-0.2, 0) is 6.54 Å². The Labute approximate surface area is 140 Å². The molecule has 1 aliphatic rings. The van der Waals surface area contributed by atoms with Crippen LogP contribution < -0.4 is 15.0 Å². The monoisotopic (exact) mass is 328 g/mol. The molecule has 0 aliphatic heterocycles. The molecule has 1 heterocycles. The maximum atomic E-state index is 12.8. The van der Waals surface area contributed by atoms with E-state index in [4.69, 9.17) is 9.47 Å². The fraction of sp³-hybridized carbons (Fsp3) is 0.333. The zero-order valence-corrected chi connectivity index (χ0v) is 13.7. The second-order valence-corrected chi connectivity index (χ2v) is 5.75. The van der Waals surface area contributed by atoms with Gasteiger partial charge in [-0.1, -0.05) is 0 Å². The molecule has 6 nitrogen and oxygen atoms in total. The van der Waals surface area contributed by atoms with Crippen molar-refractivity contribution < 1.29 is 14.3 Å². The predicted octanol–water partition coefficient (Wildman–Crippen LogP) is 2.20.